The number of fused-ring (bicyclic) bond motifs is 1. The molecule has 168 valence electrons. The maximum Gasteiger partial charge on any atom is 0.227 e. The lowest BCUT2D eigenvalue weighted by molar-refractivity contribution is -0.117. The van der Waals surface area contributed by atoms with E-state index in [9.17, 15) is 4.79 Å². The van der Waals surface area contributed by atoms with Gasteiger partial charge in [-0.3, -0.25) is 4.79 Å². The molecule has 0 N–H and O–H groups in total. The Balaban J connectivity index is 1.38. The van der Waals surface area contributed by atoms with Crippen molar-refractivity contribution in [3.05, 3.63) is 84.2 Å². The minimum absolute atomic E-state index is 0.0337. The maximum atomic E-state index is 12.9. The molecule has 0 spiro atoms. The largest absolute Gasteiger partial charge is 0.497 e. The molecule has 3 aromatic carbocycles. The normalized spacial score (nSPS) is 15.9. The molecular formula is C27H27N3O3. The predicted molar refractivity (Wildman–Crippen MR) is 129 cm³/mol. The number of methoxy groups -OCH3 is 1. The Kier molecular flexibility index (Phi) is 5.73. The van der Waals surface area contributed by atoms with E-state index in [2.05, 4.69) is 16.7 Å². The fraction of sp³-hybridized carbons (Fsp3) is 0.259. The van der Waals surface area contributed by atoms with Crippen LogP contribution >= 0.6 is 0 Å². The van der Waals surface area contributed by atoms with Gasteiger partial charge in [-0.25, -0.2) is 4.98 Å². The zero-order valence-corrected chi connectivity index (χ0v) is 18.9. The zero-order chi connectivity index (χ0) is 22.8. The molecule has 5 rings (SSSR count). The van der Waals surface area contributed by atoms with Crippen molar-refractivity contribution in [3.8, 4) is 11.5 Å². The van der Waals surface area contributed by atoms with Gasteiger partial charge in [0.1, 0.15) is 23.9 Å². The number of aryl methyl sites for hydroxylation is 1. The fourth-order valence-corrected chi connectivity index (χ4v) is 4.49. The molecule has 6 nitrogen and oxygen atoms in total. The summed E-state index contributed by atoms with van der Waals surface area (Å²) in [4.78, 5) is 19.7. The molecule has 0 bridgehead atoms. The summed E-state index contributed by atoms with van der Waals surface area (Å²) in [6.07, 6.45) is 0.455. The number of ether oxygens (including phenoxy) is 2. The first kappa shape index (κ1) is 21.1. The molecule has 1 unspecified atom stereocenters. The van der Waals surface area contributed by atoms with Gasteiger partial charge >= 0.3 is 0 Å². The second-order valence-electron chi connectivity index (χ2n) is 8.38. The third-order valence-corrected chi connectivity index (χ3v) is 6.13. The highest BCUT2D eigenvalue weighted by molar-refractivity contribution is 5.96. The Labute approximate surface area is 193 Å². The highest BCUT2D eigenvalue weighted by atomic mass is 16.5. The van der Waals surface area contributed by atoms with Crippen LogP contribution in [-0.2, 0) is 11.3 Å². The number of hydrogen-bond acceptors (Lipinski definition) is 4. The molecule has 0 saturated carbocycles. The van der Waals surface area contributed by atoms with Crippen molar-refractivity contribution in [2.24, 2.45) is 0 Å². The topological polar surface area (TPSA) is 56.6 Å². The molecule has 6 heteroatoms. The second-order valence-corrected chi connectivity index (χ2v) is 8.38. The van der Waals surface area contributed by atoms with E-state index in [-0.39, 0.29) is 11.8 Å². The number of carbonyl (C=O) groups is 1. The number of aromatic nitrogens is 2. The van der Waals surface area contributed by atoms with E-state index in [4.69, 9.17) is 14.5 Å². The average Bonchev–Trinajstić information content (AvgIpc) is 3.40. The lowest BCUT2D eigenvalue weighted by Crippen LogP contribution is -2.24. The smallest absolute Gasteiger partial charge is 0.227 e. The summed E-state index contributed by atoms with van der Waals surface area (Å²) < 4.78 is 13.4. The predicted octanol–water partition coefficient (Wildman–Crippen LogP) is 4.95. The van der Waals surface area contributed by atoms with Crippen LogP contribution in [0.25, 0.3) is 11.0 Å². The molecule has 1 amide bonds. The summed E-state index contributed by atoms with van der Waals surface area (Å²) in [6.45, 7) is 3.83. The van der Waals surface area contributed by atoms with E-state index in [1.807, 2.05) is 72.5 Å². The second kappa shape index (κ2) is 8.98. The van der Waals surface area contributed by atoms with Crippen LogP contribution in [0.15, 0.2) is 72.8 Å². The van der Waals surface area contributed by atoms with Crippen molar-refractivity contribution in [2.75, 3.05) is 25.2 Å². The number of nitrogens with zero attached hydrogens (tertiary/aromatic N) is 3. The Hall–Kier alpha value is -3.80. The van der Waals surface area contributed by atoms with Crippen LogP contribution in [0.1, 0.15) is 23.7 Å². The average molecular weight is 442 g/mol. The third-order valence-electron chi connectivity index (χ3n) is 6.13. The lowest BCUT2D eigenvalue weighted by atomic mass is 10.1. The Morgan fingerprint density at radius 1 is 1.00 bits per heavy atom. The van der Waals surface area contributed by atoms with Gasteiger partial charge in [0.15, 0.2) is 0 Å². The lowest BCUT2D eigenvalue weighted by Gasteiger charge is -2.18. The summed E-state index contributed by atoms with van der Waals surface area (Å²) in [7, 11) is 1.65. The van der Waals surface area contributed by atoms with E-state index in [0.717, 1.165) is 39.6 Å². The SMILES string of the molecule is COc1ccc(OCCn2c(C3CC(=O)N(c4cccc(C)c4)C3)nc3ccccc32)cc1. The van der Waals surface area contributed by atoms with Gasteiger partial charge in [0.05, 0.1) is 24.7 Å². The number of hydrogen-bond donors (Lipinski definition) is 0. The Morgan fingerprint density at radius 2 is 1.79 bits per heavy atom. The minimum Gasteiger partial charge on any atom is -0.497 e. The van der Waals surface area contributed by atoms with Gasteiger partial charge in [0.2, 0.25) is 5.91 Å². The molecule has 2 heterocycles. The number of imidazole rings is 1. The molecule has 1 fully saturated rings. The molecular weight excluding hydrogens is 414 g/mol. The van der Waals surface area contributed by atoms with Crippen LogP contribution in [0.4, 0.5) is 5.69 Å². The van der Waals surface area contributed by atoms with Gasteiger partial charge in [-0.2, -0.15) is 0 Å². The zero-order valence-electron chi connectivity index (χ0n) is 18.9. The van der Waals surface area contributed by atoms with Crippen molar-refractivity contribution in [3.63, 3.8) is 0 Å². The Morgan fingerprint density at radius 3 is 2.58 bits per heavy atom. The first-order chi connectivity index (χ1) is 16.1. The molecule has 0 radical (unpaired) electrons. The Bertz CT molecular complexity index is 1280. The van der Waals surface area contributed by atoms with Crippen molar-refractivity contribution >= 4 is 22.6 Å². The molecule has 1 aliphatic heterocycles. The summed E-state index contributed by atoms with van der Waals surface area (Å²) in [5.74, 6) is 2.71. The maximum absolute atomic E-state index is 12.9. The van der Waals surface area contributed by atoms with Crippen LogP contribution in [0.5, 0.6) is 11.5 Å². The van der Waals surface area contributed by atoms with Crippen LogP contribution in [-0.4, -0.2) is 35.7 Å². The standard InChI is InChI=1S/C27H27N3O3/c1-19-6-5-7-21(16-19)30-18-20(17-26(30)31)27-28-24-8-3-4-9-25(24)29(27)14-15-33-23-12-10-22(32-2)11-13-23/h3-13,16,20H,14-15,17-18H2,1-2H3. The third kappa shape index (κ3) is 4.29. The van der Waals surface area contributed by atoms with Crippen LogP contribution in [0, 0.1) is 6.92 Å². The van der Waals surface area contributed by atoms with E-state index in [0.29, 0.717) is 26.1 Å². The highest BCUT2D eigenvalue weighted by Crippen LogP contribution is 2.33. The fourth-order valence-electron chi connectivity index (χ4n) is 4.49. The van der Waals surface area contributed by atoms with Crippen molar-refractivity contribution in [2.45, 2.75) is 25.8 Å². The number of rotatable bonds is 7. The number of amides is 1. The molecule has 0 aliphatic carbocycles. The van der Waals surface area contributed by atoms with Crippen LogP contribution < -0.4 is 14.4 Å². The highest BCUT2D eigenvalue weighted by Gasteiger charge is 2.34. The van der Waals surface area contributed by atoms with Crippen molar-refractivity contribution in [1.29, 1.82) is 0 Å². The molecule has 4 aromatic rings. The number of benzene rings is 3. The van der Waals surface area contributed by atoms with Crippen LogP contribution in [0.3, 0.4) is 0 Å². The van der Waals surface area contributed by atoms with Gasteiger partial charge in [0.25, 0.3) is 0 Å². The summed E-state index contributed by atoms with van der Waals surface area (Å²) >= 11 is 0. The quantitative estimate of drug-likeness (QED) is 0.407. The van der Waals surface area contributed by atoms with Crippen molar-refractivity contribution in [1.82, 2.24) is 9.55 Å². The first-order valence-electron chi connectivity index (χ1n) is 11.2. The molecule has 33 heavy (non-hydrogen) atoms. The van der Waals surface area contributed by atoms with Gasteiger partial charge < -0.3 is 18.9 Å². The minimum atomic E-state index is 0.0337. The molecule has 1 aliphatic rings. The summed E-state index contributed by atoms with van der Waals surface area (Å²) in [6, 6.07) is 23.8. The molecule has 1 saturated heterocycles. The van der Waals surface area contributed by atoms with Crippen molar-refractivity contribution < 1.29 is 14.3 Å². The first-order valence-corrected chi connectivity index (χ1v) is 11.2. The molecule has 1 aromatic heterocycles. The van der Waals surface area contributed by atoms with E-state index in [1.165, 1.54) is 0 Å². The monoisotopic (exact) mass is 441 g/mol. The summed E-state index contributed by atoms with van der Waals surface area (Å²) in [5, 5.41) is 0. The van der Waals surface area contributed by atoms with Gasteiger partial charge in [-0.1, -0.05) is 24.3 Å². The molecule has 1 atom stereocenters. The van der Waals surface area contributed by atoms with Gasteiger partial charge in [0, 0.05) is 24.6 Å². The summed E-state index contributed by atoms with van der Waals surface area (Å²) in [5.41, 5.74) is 4.10. The number of carbonyl (C=O) groups excluding carboxylic acids is 1. The number of para-hydroxylation sites is 2. The van der Waals surface area contributed by atoms with E-state index >= 15 is 0 Å². The van der Waals surface area contributed by atoms with E-state index in [1.54, 1.807) is 7.11 Å². The van der Waals surface area contributed by atoms with Crippen LogP contribution in [0.2, 0.25) is 0 Å². The van der Waals surface area contributed by atoms with E-state index < -0.39 is 0 Å². The van der Waals surface area contributed by atoms with Gasteiger partial charge in [-0.05, 0) is 61.0 Å². The number of anilines is 1. The van der Waals surface area contributed by atoms with Gasteiger partial charge in [-0.15, -0.1) is 0 Å².